The Labute approximate surface area is 87.1 Å². The summed E-state index contributed by atoms with van der Waals surface area (Å²) in [5.41, 5.74) is 0. The average Bonchev–Trinajstić information content (AvgIpc) is 2.77. The highest BCUT2D eigenvalue weighted by molar-refractivity contribution is 6.74. The lowest BCUT2D eigenvalue weighted by molar-refractivity contribution is 0.242. The summed E-state index contributed by atoms with van der Waals surface area (Å²) in [4.78, 5) is 0. The molecular formula is C10H19NO2Si. The maximum Gasteiger partial charge on any atom is 0.192 e. The normalized spacial score (nSPS) is 27.1. The lowest BCUT2D eigenvalue weighted by Gasteiger charge is -2.35. The zero-order chi connectivity index (χ0) is 11.0. The van der Waals surface area contributed by atoms with E-state index in [0.717, 1.165) is 0 Å². The van der Waals surface area contributed by atoms with Crippen LogP contribution in [0.5, 0.6) is 0 Å². The van der Waals surface area contributed by atoms with Crippen molar-refractivity contribution in [1.82, 2.24) is 0 Å². The fourth-order valence-corrected chi connectivity index (χ4v) is 1.90. The van der Waals surface area contributed by atoms with Gasteiger partial charge in [-0.2, -0.15) is 5.26 Å². The van der Waals surface area contributed by atoms with Crippen LogP contribution < -0.4 is 0 Å². The van der Waals surface area contributed by atoms with Gasteiger partial charge in [0.15, 0.2) is 14.4 Å². The molecule has 1 fully saturated rings. The zero-order valence-corrected chi connectivity index (χ0v) is 10.6. The van der Waals surface area contributed by atoms with E-state index < -0.39 is 8.32 Å². The highest BCUT2D eigenvalue weighted by Gasteiger charge is 2.43. The van der Waals surface area contributed by atoms with Gasteiger partial charge in [-0.05, 0) is 18.1 Å². The van der Waals surface area contributed by atoms with Crippen LogP contribution in [0.3, 0.4) is 0 Å². The summed E-state index contributed by atoms with van der Waals surface area (Å²) in [6, 6.07) is 2.08. The lowest BCUT2D eigenvalue weighted by Crippen LogP contribution is -2.41. The van der Waals surface area contributed by atoms with Crippen molar-refractivity contribution < 1.29 is 9.16 Å². The first-order valence-corrected chi connectivity index (χ1v) is 7.88. The Bertz CT molecular complexity index is 252. The summed E-state index contributed by atoms with van der Waals surface area (Å²) < 4.78 is 11.0. The molecule has 0 N–H and O–H groups in total. The topological polar surface area (TPSA) is 45.5 Å². The largest absolute Gasteiger partial charge is 0.414 e. The van der Waals surface area contributed by atoms with Gasteiger partial charge in [0.2, 0.25) is 0 Å². The molecule has 3 nitrogen and oxygen atoms in total. The molecule has 0 aromatic rings. The van der Waals surface area contributed by atoms with Gasteiger partial charge in [-0.3, -0.25) is 0 Å². The number of epoxide rings is 1. The van der Waals surface area contributed by atoms with E-state index in [-0.39, 0.29) is 17.2 Å². The van der Waals surface area contributed by atoms with Gasteiger partial charge in [0.1, 0.15) is 6.10 Å². The van der Waals surface area contributed by atoms with Crippen molar-refractivity contribution in [3.8, 4) is 6.07 Å². The number of hydrogen-bond donors (Lipinski definition) is 0. The molecule has 1 aliphatic rings. The minimum absolute atomic E-state index is 0.0223. The maximum absolute atomic E-state index is 8.55. The second-order valence-corrected chi connectivity index (χ2v) is 10.1. The van der Waals surface area contributed by atoms with Crippen LogP contribution >= 0.6 is 0 Å². The highest BCUT2D eigenvalue weighted by atomic mass is 28.4. The molecule has 0 amide bonds. The summed E-state index contributed by atoms with van der Waals surface area (Å²) in [6.45, 7) is 11.6. The van der Waals surface area contributed by atoms with Crippen molar-refractivity contribution in [2.24, 2.45) is 0 Å². The fourth-order valence-electron chi connectivity index (χ4n) is 0.890. The van der Waals surface area contributed by atoms with Gasteiger partial charge in [0, 0.05) is 0 Å². The number of rotatable bonds is 3. The predicted octanol–water partition coefficient (Wildman–Crippen LogP) is 2.30. The fraction of sp³-hybridized carbons (Fsp3) is 0.900. The molecule has 0 aromatic heterocycles. The van der Waals surface area contributed by atoms with Gasteiger partial charge < -0.3 is 9.16 Å². The second-order valence-electron chi connectivity index (χ2n) is 5.30. The molecule has 4 heteroatoms. The Morgan fingerprint density at radius 2 is 2.00 bits per heavy atom. The first kappa shape index (κ1) is 11.7. The summed E-state index contributed by atoms with van der Waals surface area (Å²) >= 11 is 0. The lowest BCUT2D eigenvalue weighted by atomic mass is 10.2. The molecule has 1 saturated heterocycles. The highest BCUT2D eigenvalue weighted by Crippen LogP contribution is 2.37. The van der Waals surface area contributed by atoms with Crippen LogP contribution in [0.4, 0.5) is 0 Å². The summed E-state index contributed by atoms with van der Waals surface area (Å²) in [5, 5.41) is 8.77. The molecule has 1 rings (SSSR count). The smallest absolute Gasteiger partial charge is 0.192 e. The van der Waals surface area contributed by atoms with Crippen molar-refractivity contribution in [1.29, 1.82) is 5.26 Å². The summed E-state index contributed by atoms with van der Waals surface area (Å²) in [5.74, 6) is 0. The number of ether oxygens (including phenoxy) is 1. The molecular weight excluding hydrogens is 194 g/mol. The van der Waals surface area contributed by atoms with E-state index in [1.807, 2.05) is 0 Å². The van der Waals surface area contributed by atoms with E-state index in [9.17, 15) is 0 Å². The standard InChI is InChI=1S/C10H19NO2Si/c1-10(2,3)14(4,5)12-7-9-8(6-11)13-9/h8-9H,7H2,1-5H3/t8-,9+/m1/s1. The van der Waals surface area contributed by atoms with Crippen LogP contribution in [0.25, 0.3) is 0 Å². The molecule has 0 saturated carbocycles. The van der Waals surface area contributed by atoms with E-state index in [0.29, 0.717) is 6.61 Å². The number of nitriles is 1. The molecule has 0 spiro atoms. The second kappa shape index (κ2) is 3.65. The van der Waals surface area contributed by atoms with Crippen molar-refractivity contribution in [2.75, 3.05) is 6.61 Å². The summed E-state index contributed by atoms with van der Waals surface area (Å²) in [7, 11) is -1.66. The first-order valence-electron chi connectivity index (χ1n) is 4.97. The SMILES string of the molecule is CC(C)(C)[Si](C)(C)OC[C@@H]1O[C@@H]1C#N. The Kier molecular flexibility index (Phi) is 3.05. The molecule has 1 heterocycles. The van der Waals surface area contributed by atoms with Gasteiger partial charge in [0.25, 0.3) is 0 Å². The van der Waals surface area contributed by atoms with Crippen LogP contribution in [0.15, 0.2) is 0 Å². The molecule has 14 heavy (non-hydrogen) atoms. The van der Waals surface area contributed by atoms with Gasteiger partial charge in [0.05, 0.1) is 12.7 Å². The van der Waals surface area contributed by atoms with Gasteiger partial charge in [-0.25, -0.2) is 0 Å². The summed E-state index contributed by atoms with van der Waals surface area (Å²) in [6.07, 6.45) is -0.200. The monoisotopic (exact) mass is 213 g/mol. The Morgan fingerprint density at radius 3 is 2.36 bits per heavy atom. The van der Waals surface area contributed by atoms with Crippen molar-refractivity contribution >= 4 is 8.32 Å². The predicted molar refractivity (Wildman–Crippen MR) is 57.4 cm³/mol. The number of hydrogen-bond acceptors (Lipinski definition) is 3. The molecule has 80 valence electrons. The molecule has 2 atom stereocenters. The van der Waals surface area contributed by atoms with Gasteiger partial charge in [-0.1, -0.05) is 20.8 Å². The van der Waals surface area contributed by atoms with Crippen molar-refractivity contribution in [3.05, 3.63) is 0 Å². The Hall–Kier alpha value is -0.373. The first-order chi connectivity index (χ1) is 6.28. The Morgan fingerprint density at radius 1 is 1.43 bits per heavy atom. The third-order valence-corrected chi connectivity index (χ3v) is 7.63. The van der Waals surface area contributed by atoms with E-state index in [4.69, 9.17) is 14.4 Å². The Balaban J connectivity index is 2.35. The number of nitrogens with zero attached hydrogens (tertiary/aromatic N) is 1. The van der Waals surface area contributed by atoms with E-state index >= 15 is 0 Å². The van der Waals surface area contributed by atoms with Crippen LogP contribution in [0.1, 0.15) is 20.8 Å². The average molecular weight is 213 g/mol. The minimum Gasteiger partial charge on any atom is -0.414 e. The molecule has 0 bridgehead atoms. The molecule has 0 aliphatic carbocycles. The van der Waals surface area contributed by atoms with E-state index in [2.05, 4.69) is 39.9 Å². The van der Waals surface area contributed by atoms with Crippen molar-refractivity contribution in [3.63, 3.8) is 0 Å². The van der Waals surface area contributed by atoms with Gasteiger partial charge in [-0.15, -0.1) is 0 Å². The molecule has 0 aromatic carbocycles. The third kappa shape index (κ3) is 2.56. The zero-order valence-electron chi connectivity index (χ0n) is 9.63. The molecule has 1 aliphatic heterocycles. The quantitative estimate of drug-likeness (QED) is 0.534. The van der Waals surface area contributed by atoms with E-state index in [1.54, 1.807) is 0 Å². The van der Waals surface area contributed by atoms with Crippen LogP contribution in [0, 0.1) is 11.3 Å². The van der Waals surface area contributed by atoms with E-state index in [1.165, 1.54) is 0 Å². The van der Waals surface area contributed by atoms with Crippen molar-refractivity contribution in [2.45, 2.75) is 51.1 Å². The van der Waals surface area contributed by atoms with Gasteiger partial charge >= 0.3 is 0 Å². The van der Waals surface area contributed by atoms with Crippen LogP contribution in [0.2, 0.25) is 18.1 Å². The molecule has 0 unspecified atom stereocenters. The maximum atomic E-state index is 8.55. The third-order valence-electron chi connectivity index (χ3n) is 3.12. The molecule has 0 radical (unpaired) electrons. The minimum atomic E-state index is -1.66. The van der Waals surface area contributed by atoms with Crippen LogP contribution in [-0.2, 0) is 9.16 Å². The van der Waals surface area contributed by atoms with Crippen LogP contribution in [-0.4, -0.2) is 27.1 Å².